The summed E-state index contributed by atoms with van der Waals surface area (Å²) in [6.07, 6.45) is 0.837. The molecule has 0 radical (unpaired) electrons. The average molecular weight is 350 g/mol. The fourth-order valence-corrected chi connectivity index (χ4v) is 2.85. The Bertz CT molecular complexity index is 948. The van der Waals surface area contributed by atoms with Crippen molar-refractivity contribution in [2.45, 2.75) is 13.3 Å². The number of phenols is 1. The van der Waals surface area contributed by atoms with Gasteiger partial charge in [0.15, 0.2) is 5.11 Å². The number of nitrogens with one attached hydrogen (secondary N) is 2. The number of hydrogen-bond donors (Lipinski definition) is 3. The van der Waals surface area contributed by atoms with Gasteiger partial charge in [0, 0.05) is 5.56 Å². The molecule has 1 amide bonds. The van der Waals surface area contributed by atoms with Crippen LogP contribution >= 0.6 is 12.2 Å². The first-order valence-electron chi connectivity index (χ1n) is 8.00. The minimum Gasteiger partial charge on any atom is -0.506 e. The molecule has 0 unspecified atom stereocenters. The maximum absolute atomic E-state index is 12.6. The van der Waals surface area contributed by atoms with Gasteiger partial charge in [0.25, 0.3) is 5.91 Å². The number of phenolic OH excluding ortho intramolecular Hbond substituents is 1. The number of hydrogen-bond acceptors (Lipinski definition) is 3. The number of anilines is 1. The van der Waals surface area contributed by atoms with Gasteiger partial charge in [-0.1, -0.05) is 49.4 Å². The number of aromatic hydroxyl groups is 1. The van der Waals surface area contributed by atoms with Crippen molar-refractivity contribution < 1.29 is 9.90 Å². The lowest BCUT2D eigenvalue weighted by atomic mass is 10.0. The lowest BCUT2D eigenvalue weighted by Gasteiger charge is -2.13. The van der Waals surface area contributed by atoms with E-state index in [4.69, 9.17) is 12.2 Å². The maximum Gasteiger partial charge on any atom is 0.258 e. The van der Waals surface area contributed by atoms with Crippen molar-refractivity contribution >= 4 is 39.7 Å². The van der Waals surface area contributed by atoms with Gasteiger partial charge < -0.3 is 10.4 Å². The number of rotatable bonds is 3. The predicted molar refractivity (Wildman–Crippen MR) is 105 cm³/mol. The van der Waals surface area contributed by atoms with Crippen molar-refractivity contribution in [3.8, 4) is 5.75 Å². The van der Waals surface area contributed by atoms with Gasteiger partial charge in [-0.2, -0.15) is 0 Å². The van der Waals surface area contributed by atoms with E-state index in [0.29, 0.717) is 11.3 Å². The van der Waals surface area contributed by atoms with E-state index in [1.807, 2.05) is 55.5 Å². The number of aryl methyl sites for hydroxylation is 1. The van der Waals surface area contributed by atoms with Gasteiger partial charge in [-0.3, -0.25) is 10.1 Å². The molecule has 126 valence electrons. The molecule has 0 aliphatic rings. The predicted octanol–water partition coefficient (Wildman–Crippen LogP) is 4.23. The Kier molecular flexibility index (Phi) is 4.95. The third-order valence-corrected chi connectivity index (χ3v) is 4.18. The molecule has 0 aliphatic carbocycles. The van der Waals surface area contributed by atoms with Gasteiger partial charge in [-0.25, -0.2) is 0 Å². The van der Waals surface area contributed by atoms with Crippen LogP contribution in [-0.4, -0.2) is 16.1 Å². The Labute approximate surface area is 151 Å². The Morgan fingerprint density at radius 3 is 2.64 bits per heavy atom. The van der Waals surface area contributed by atoms with Crippen molar-refractivity contribution in [2.24, 2.45) is 0 Å². The lowest BCUT2D eigenvalue weighted by Crippen LogP contribution is -2.34. The Morgan fingerprint density at radius 2 is 1.84 bits per heavy atom. The largest absolute Gasteiger partial charge is 0.506 e. The second-order valence-electron chi connectivity index (χ2n) is 5.64. The first-order chi connectivity index (χ1) is 12.1. The standard InChI is InChI=1S/C20H18N2O2S/c1-2-13-10-11-18(23)17(12-13)21-20(25)22-19(24)16-9-5-7-14-6-3-4-8-15(14)16/h3-12,23H,2H2,1H3,(H2,21,22,24,25). The molecule has 0 bridgehead atoms. The van der Waals surface area contributed by atoms with Crippen molar-refractivity contribution in [1.29, 1.82) is 0 Å². The van der Waals surface area contributed by atoms with Crippen LogP contribution in [0.1, 0.15) is 22.8 Å². The second-order valence-corrected chi connectivity index (χ2v) is 6.05. The highest BCUT2D eigenvalue weighted by Gasteiger charge is 2.12. The molecule has 5 heteroatoms. The summed E-state index contributed by atoms with van der Waals surface area (Å²) in [6, 6.07) is 18.5. The van der Waals surface area contributed by atoms with Crippen molar-refractivity contribution in [2.75, 3.05) is 5.32 Å². The molecule has 0 aliphatic heterocycles. The molecule has 0 saturated carbocycles. The third-order valence-electron chi connectivity index (χ3n) is 3.98. The van der Waals surface area contributed by atoms with E-state index in [1.165, 1.54) is 0 Å². The fraction of sp³-hybridized carbons (Fsp3) is 0.100. The van der Waals surface area contributed by atoms with Gasteiger partial charge >= 0.3 is 0 Å². The van der Waals surface area contributed by atoms with E-state index in [-0.39, 0.29) is 16.8 Å². The van der Waals surface area contributed by atoms with Gasteiger partial charge in [0.2, 0.25) is 0 Å². The van der Waals surface area contributed by atoms with E-state index < -0.39 is 0 Å². The lowest BCUT2D eigenvalue weighted by molar-refractivity contribution is 0.0979. The Morgan fingerprint density at radius 1 is 1.08 bits per heavy atom. The monoisotopic (exact) mass is 350 g/mol. The van der Waals surface area contributed by atoms with Crippen molar-refractivity contribution in [3.63, 3.8) is 0 Å². The molecule has 0 fully saturated rings. The summed E-state index contributed by atoms with van der Waals surface area (Å²) in [5, 5.41) is 17.5. The highest BCUT2D eigenvalue weighted by molar-refractivity contribution is 7.80. The molecule has 0 atom stereocenters. The summed E-state index contributed by atoms with van der Waals surface area (Å²) >= 11 is 5.22. The zero-order chi connectivity index (χ0) is 17.8. The van der Waals surface area contributed by atoms with Crippen LogP contribution in [-0.2, 0) is 6.42 Å². The zero-order valence-electron chi connectivity index (χ0n) is 13.7. The van der Waals surface area contributed by atoms with E-state index in [9.17, 15) is 9.90 Å². The quantitative estimate of drug-likeness (QED) is 0.488. The highest BCUT2D eigenvalue weighted by Crippen LogP contribution is 2.24. The van der Waals surface area contributed by atoms with E-state index in [0.717, 1.165) is 22.8 Å². The smallest absolute Gasteiger partial charge is 0.258 e. The fourth-order valence-electron chi connectivity index (χ4n) is 2.65. The molecule has 0 aromatic heterocycles. The van der Waals surface area contributed by atoms with Crippen molar-refractivity contribution in [3.05, 3.63) is 71.8 Å². The molecule has 0 spiro atoms. The van der Waals surface area contributed by atoms with Crippen LogP contribution < -0.4 is 10.6 Å². The molecular weight excluding hydrogens is 332 g/mol. The molecule has 0 heterocycles. The van der Waals surface area contributed by atoms with Crippen LogP contribution in [0.2, 0.25) is 0 Å². The zero-order valence-corrected chi connectivity index (χ0v) is 14.6. The number of thiocarbonyl (C=S) groups is 1. The minimum atomic E-state index is -0.291. The number of carbonyl (C=O) groups is 1. The Hall–Kier alpha value is -2.92. The van der Waals surface area contributed by atoms with Crippen LogP contribution in [0.3, 0.4) is 0 Å². The van der Waals surface area contributed by atoms with Gasteiger partial charge in [0.05, 0.1) is 5.69 Å². The Balaban J connectivity index is 1.78. The van der Waals surface area contributed by atoms with E-state index in [2.05, 4.69) is 10.6 Å². The summed E-state index contributed by atoms with van der Waals surface area (Å²) in [5.74, 6) is -0.209. The van der Waals surface area contributed by atoms with Gasteiger partial charge in [0.1, 0.15) is 5.75 Å². The third kappa shape index (κ3) is 3.78. The van der Waals surface area contributed by atoms with Crippen LogP contribution in [0.15, 0.2) is 60.7 Å². The molecule has 4 nitrogen and oxygen atoms in total. The summed E-state index contributed by atoms with van der Waals surface area (Å²) in [6.45, 7) is 2.02. The number of benzene rings is 3. The minimum absolute atomic E-state index is 0.0824. The molecule has 3 aromatic carbocycles. The first kappa shape index (κ1) is 16.9. The average Bonchev–Trinajstić information content (AvgIpc) is 2.63. The summed E-state index contributed by atoms with van der Waals surface area (Å²) in [5.41, 5.74) is 2.08. The summed E-state index contributed by atoms with van der Waals surface area (Å²) in [7, 11) is 0. The van der Waals surface area contributed by atoms with Gasteiger partial charge in [-0.05, 0) is 53.2 Å². The van der Waals surface area contributed by atoms with Crippen LogP contribution in [0.5, 0.6) is 5.75 Å². The molecular formula is C20H18N2O2S. The molecule has 0 saturated heterocycles. The highest BCUT2D eigenvalue weighted by atomic mass is 32.1. The number of amides is 1. The topological polar surface area (TPSA) is 61.4 Å². The normalized spacial score (nSPS) is 10.4. The molecule has 25 heavy (non-hydrogen) atoms. The van der Waals surface area contributed by atoms with Crippen LogP contribution in [0.4, 0.5) is 5.69 Å². The second kappa shape index (κ2) is 7.32. The van der Waals surface area contributed by atoms with Gasteiger partial charge in [-0.15, -0.1) is 0 Å². The molecule has 3 N–H and O–H groups in total. The van der Waals surface area contributed by atoms with Crippen LogP contribution in [0, 0.1) is 0 Å². The summed E-state index contributed by atoms with van der Waals surface area (Å²) in [4.78, 5) is 12.6. The molecule has 3 aromatic rings. The number of fused-ring (bicyclic) bond motifs is 1. The van der Waals surface area contributed by atoms with Crippen LogP contribution in [0.25, 0.3) is 10.8 Å². The van der Waals surface area contributed by atoms with E-state index in [1.54, 1.807) is 12.1 Å². The molecule has 3 rings (SSSR count). The van der Waals surface area contributed by atoms with E-state index >= 15 is 0 Å². The SMILES string of the molecule is CCc1ccc(O)c(NC(=S)NC(=O)c2cccc3ccccc23)c1. The maximum atomic E-state index is 12.6. The number of carbonyl (C=O) groups excluding carboxylic acids is 1. The first-order valence-corrected chi connectivity index (χ1v) is 8.41. The van der Waals surface area contributed by atoms with Crippen molar-refractivity contribution in [1.82, 2.24) is 5.32 Å². The summed E-state index contributed by atoms with van der Waals surface area (Å²) < 4.78 is 0.